The molecule has 2 aromatic rings. The normalized spacial score (nSPS) is 11.3. The summed E-state index contributed by atoms with van der Waals surface area (Å²) in [7, 11) is 0. The van der Waals surface area contributed by atoms with E-state index >= 15 is 0 Å². The minimum absolute atomic E-state index is 0.111. The molecule has 0 spiro atoms. The van der Waals surface area contributed by atoms with Crippen molar-refractivity contribution in [1.82, 2.24) is 0 Å². The van der Waals surface area contributed by atoms with Crippen molar-refractivity contribution in [3.05, 3.63) is 64.5 Å². The van der Waals surface area contributed by atoms with Crippen LogP contribution in [0.2, 0.25) is 0 Å². The first-order valence-corrected chi connectivity index (χ1v) is 7.95. The van der Waals surface area contributed by atoms with Gasteiger partial charge in [-0.05, 0) is 47.6 Å². The van der Waals surface area contributed by atoms with Crippen molar-refractivity contribution in [2.75, 3.05) is 0 Å². The fourth-order valence-electron chi connectivity index (χ4n) is 2.64. The smallest absolute Gasteiger partial charge is 0.387 e. The van der Waals surface area contributed by atoms with Crippen LogP contribution in [0.15, 0.2) is 36.4 Å². The van der Waals surface area contributed by atoms with Crippen LogP contribution in [-0.2, 0) is 19.4 Å². The highest BCUT2D eigenvalue weighted by Crippen LogP contribution is 2.24. The summed E-state index contributed by atoms with van der Waals surface area (Å²) in [5.41, 5.74) is 8.88. The van der Waals surface area contributed by atoms with E-state index in [9.17, 15) is 13.2 Å². The van der Waals surface area contributed by atoms with E-state index in [-0.39, 0.29) is 24.0 Å². The Morgan fingerprint density at radius 3 is 2.21 bits per heavy atom. The van der Waals surface area contributed by atoms with Crippen LogP contribution in [0.5, 0.6) is 5.75 Å². The Hall–Kier alpha value is -2.01. The third kappa shape index (κ3) is 4.74. The summed E-state index contributed by atoms with van der Waals surface area (Å²) in [5.74, 6) is 0.0485. The van der Waals surface area contributed by atoms with Gasteiger partial charge in [0.15, 0.2) is 0 Å². The number of benzene rings is 2. The zero-order valence-electron chi connectivity index (χ0n) is 13.9. The molecule has 0 aliphatic heterocycles. The molecule has 0 atom stereocenters. The minimum Gasteiger partial charge on any atom is -0.434 e. The van der Waals surface area contributed by atoms with Gasteiger partial charge in [-0.25, -0.2) is 4.39 Å². The predicted molar refractivity (Wildman–Crippen MR) is 88.9 cm³/mol. The molecule has 0 aliphatic carbocycles. The highest BCUT2D eigenvalue weighted by molar-refractivity contribution is 5.38. The summed E-state index contributed by atoms with van der Waals surface area (Å²) >= 11 is 0. The predicted octanol–water partition coefficient (Wildman–Crippen LogP) is 4.79. The molecule has 0 fully saturated rings. The van der Waals surface area contributed by atoms with Crippen molar-refractivity contribution >= 4 is 0 Å². The Labute approximate surface area is 140 Å². The Kier molecular flexibility index (Phi) is 6.26. The summed E-state index contributed by atoms with van der Waals surface area (Å²) in [6, 6.07) is 10.2. The molecule has 130 valence electrons. The van der Waals surface area contributed by atoms with Gasteiger partial charge in [0.1, 0.15) is 11.6 Å². The van der Waals surface area contributed by atoms with Crippen LogP contribution in [0, 0.1) is 5.82 Å². The van der Waals surface area contributed by atoms with Crippen molar-refractivity contribution in [2.24, 2.45) is 5.73 Å². The van der Waals surface area contributed by atoms with Gasteiger partial charge in [-0.15, -0.1) is 0 Å². The second kappa shape index (κ2) is 8.20. The highest BCUT2D eigenvalue weighted by atomic mass is 19.3. The van der Waals surface area contributed by atoms with Crippen molar-refractivity contribution in [3.63, 3.8) is 0 Å². The van der Waals surface area contributed by atoms with E-state index in [1.165, 1.54) is 12.1 Å². The minimum atomic E-state index is -2.87. The van der Waals surface area contributed by atoms with Crippen molar-refractivity contribution in [1.29, 1.82) is 0 Å². The number of aryl methyl sites for hydroxylation is 2. The maximum absolute atomic E-state index is 13.7. The molecule has 0 saturated carbocycles. The molecular weight excluding hydrogens is 315 g/mol. The van der Waals surface area contributed by atoms with Gasteiger partial charge in [0, 0.05) is 12.1 Å². The van der Waals surface area contributed by atoms with Crippen LogP contribution in [0.4, 0.5) is 13.2 Å². The zero-order valence-corrected chi connectivity index (χ0v) is 13.9. The van der Waals surface area contributed by atoms with Gasteiger partial charge >= 0.3 is 6.61 Å². The molecule has 2 N–H and O–H groups in total. The van der Waals surface area contributed by atoms with Gasteiger partial charge in [-0.3, -0.25) is 0 Å². The molecule has 0 amide bonds. The SMILES string of the molecule is CC(C)c1cc(CCc2ccc(OC(F)F)c(CN)c2)ccc1F. The number of nitrogens with two attached hydrogens (primary N) is 1. The number of ether oxygens (including phenoxy) is 1. The van der Waals surface area contributed by atoms with Crippen LogP contribution >= 0.6 is 0 Å². The van der Waals surface area contributed by atoms with Gasteiger partial charge in [0.2, 0.25) is 0 Å². The first-order chi connectivity index (χ1) is 11.4. The standard InChI is InChI=1S/C19H22F3NO/c1-12(2)16-10-14(5-7-17(16)20)4-3-13-6-8-18(24-19(21)22)15(9-13)11-23/h5-10,12,19H,3-4,11,23H2,1-2H3. The Balaban J connectivity index is 2.10. The maximum atomic E-state index is 13.7. The molecule has 0 heterocycles. The zero-order chi connectivity index (χ0) is 17.7. The van der Waals surface area contributed by atoms with Crippen LogP contribution in [-0.4, -0.2) is 6.61 Å². The van der Waals surface area contributed by atoms with E-state index in [4.69, 9.17) is 5.73 Å². The summed E-state index contributed by atoms with van der Waals surface area (Å²) in [4.78, 5) is 0. The quantitative estimate of drug-likeness (QED) is 0.788. The van der Waals surface area contributed by atoms with E-state index in [2.05, 4.69) is 4.74 Å². The van der Waals surface area contributed by atoms with Crippen LogP contribution < -0.4 is 10.5 Å². The lowest BCUT2D eigenvalue weighted by Crippen LogP contribution is -2.07. The van der Waals surface area contributed by atoms with Gasteiger partial charge < -0.3 is 10.5 Å². The Morgan fingerprint density at radius 2 is 1.62 bits per heavy atom. The van der Waals surface area contributed by atoms with E-state index in [1.807, 2.05) is 19.9 Å². The third-order valence-electron chi connectivity index (χ3n) is 3.95. The largest absolute Gasteiger partial charge is 0.434 e. The lowest BCUT2D eigenvalue weighted by atomic mass is 9.96. The number of hydrogen-bond donors (Lipinski definition) is 1. The first-order valence-electron chi connectivity index (χ1n) is 7.95. The van der Waals surface area contributed by atoms with E-state index in [1.54, 1.807) is 18.2 Å². The number of hydrogen-bond acceptors (Lipinski definition) is 2. The van der Waals surface area contributed by atoms with Crippen LogP contribution in [0.25, 0.3) is 0 Å². The number of alkyl halides is 2. The topological polar surface area (TPSA) is 35.2 Å². The molecule has 0 radical (unpaired) electrons. The molecule has 5 heteroatoms. The van der Waals surface area contributed by atoms with Gasteiger partial charge in [0.05, 0.1) is 0 Å². The van der Waals surface area contributed by atoms with Gasteiger partial charge in [0.25, 0.3) is 0 Å². The van der Waals surface area contributed by atoms with E-state index in [0.29, 0.717) is 17.5 Å². The molecule has 24 heavy (non-hydrogen) atoms. The molecular formula is C19H22F3NO. The average Bonchev–Trinajstić information content (AvgIpc) is 2.54. The highest BCUT2D eigenvalue weighted by Gasteiger charge is 2.11. The molecule has 0 bridgehead atoms. The van der Waals surface area contributed by atoms with E-state index < -0.39 is 6.61 Å². The van der Waals surface area contributed by atoms with Crippen molar-refractivity contribution in [3.8, 4) is 5.75 Å². The first kappa shape index (κ1) is 18.3. The average molecular weight is 337 g/mol. The summed E-state index contributed by atoms with van der Waals surface area (Å²) in [6.45, 7) is 1.17. The molecule has 0 saturated heterocycles. The lowest BCUT2D eigenvalue weighted by molar-refractivity contribution is -0.0504. The van der Waals surface area contributed by atoms with Gasteiger partial charge in [-0.2, -0.15) is 8.78 Å². The fraction of sp³-hybridized carbons (Fsp3) is 0.368. The summed E-state index contributed by atoms with van der Waals surface area (Å²) in [5, 5.41) is 0. The van der Waals surface area contributed by atoms with E-state index in [0.717, 1.165) is 17.5 Å². The molecule has 2 nitrogen and oxygen atoms in total. The second-order valence-electron chi connectivity index (χ2n) is 6.04. The number of rotatable bonds is 7. The monoisotopic (exact) mass is 337 g/mol. The summed E-state index contributed by atoms with van der Waals surface area (Å²) in [6.07, 6.45) is 1.45. The molecule has 0 unspecified atom stereocenters. The lowest BCUT2D eigenvalue weighted by Gasteiger charge is -2.12. The molecule has 2 aromatic carbocycles. The third-order valence-corrected chi connectivity index (χ3v) is 3.95. The summed E-state index contributed by atoms with van der Waals surface area (Å²) < 4.78 is 42.9. The van der Waals surface area contributed by atoms with Crippen LogP contribution in [0.3, 0.4) is 0 Å². The molecule has 0 aromatic heterocycles. The van der Waals surface area contributed by atoms with Crippen molar-refractivity contribution in [2.45, 2.75) is 45.8 Å². The second-order valence-corrected chi connectivity index (χ2v) is 6.04. The Bertz CT molecular complexity index is 686. The fourth-order valence-corrected chi connectivity index (χ4v) is 2.64. The van der Waals surface area contributed by atoms with Crippen molar-refractivity contribution < 1.29 is 17.9 Å². The van der Waals surface area contributed by atoms with Crippen LogP contribution in [0.1, 0.15) is 42.0 Å². The van der Waals surface area contributed by atoms with Gasteiger partial charge in [-0.1, -0.05) is 38.1 Å². The maximum Gasteiger partial charge on any atom is 0.387 e. The Morgan fingerprint density at radius 1 is 1.00 bits per heavy atom. The molecule has 0 aliphatic rings. The molecule has 2 rings (SSSR count). The number of halogens is 3.